The molecule has 0 aliphatic heterocycles. The number of hydrogen-bond acceptors (Lipinski definition) is 3. The molecule has 0 spiro atoms. The molecule has 0 saturated carbocycles. The largest absolute Gasteiger partial charge is 0.512 e. The van der Waals surface area contributed by atoms with E-state index >= 15 is 0 Å². The van der Waals surface area contributed by atoms with Crippen LogP contribution in [0.5, 0.6) is 0 Å². The number of carboxylic acids is 1. The Morgan fingerprint density at radius 2 is 2.00 bits per heavy atom. The highest BCUT2D eigenvalue weighted by Crippen LogP contribution is 2.33. The summed E-state index contributed by atoms with van der Waals surface area (Å²) in [6.45, 7) is 2.84. The summed E-state index contributed by atoms with van der Waals surface area (Å²) in [5, 5.41) is 18.1. The molecule has 1 unspecified atom stereocenters. The Bertz CT molecular complexity index is 347. The zero-order chi connectivity index (χ0) is 10.9. The SMILES string of the molecule is CC(O)=C1C=CC(=O)C(C)(C(=O)O)C1. The molecule has 0 bridgehead atoms. The van der Waals surface area contributed by atoms with Crippen LogP contribution in [0.1, 0.15) is 20.3 Å². The zero-order valence-corrected chi connectivity index (χ0v) is 8.07. The number of aliphatic hydroxyl groups excluding tert-OH is 1. The Hall–Kier alpha value is -1.58. The summed E-state index contributed by atoms with van der Waals surface area (Å²) in [5.41, 5.74) is -0.942. The third-order valence-corrected chi connectivity index (χ3v) is 2.46. The van der Waals surface area contributed by atoms with Gasteiger partial charge < -0.3 is 10.2 Å². The molecule has 0 aromatic heterocycles. The molecule has 14 heavy (non-hydrogen) atoms. The molecule has 0 radical (unpaired) electrons. The summed E-state index contributed by atoms with van der Waals surface area (Å²) in [6.07, 6.45) is 2.70. The van der Waals surface area contributed by atoms with Crippen LogP contribution >= 0.6 is 0 Å². The molecule has 76 valence electrons. The van der Waals surface area contributed by atoms with Crippen LogP contribution in [0.25, 0.3) is 0 Å². The number of carbonyl (C=O) groups is 2. The van der Waals surface area contributed by atoms with E-state index in [0.29, 0.717) is 5.57 Å². The van der Waals surface area contributed by atoms with E-state index in [1.165, 1.54) is 26.0 Å². The van der Waals surface area contributed by atoms with Crippen molar-refractivity contribution in [3.05, 3.63) is 23.5 Å². The predicted molar refractivity (Wildman–Crippen MR) is 49.8 cm³/mol. The Morgan fingerprint density at radius 3 is 2.43 bits per heavy atom. The highest BCUT2D eigenvalue weighted by Gasteiger charge is 2.42. The minimum Gasteiger partial charge on any atom is -0.512 e. The maximum absolute atomic E-state index is 11.4. The lowest BCUT2D eigenvalue weighted by molar-refractivity contribution is -0.152. The van der Waals surface area contributed by atoms with Crippen molar-refractivity contribution in [1.29, 1.82) is 0 Å². The second-order valence-electron chi connectivity index (χ2n) is 3.62. The zero-order valence-electron chi connectivity index (χ0n) is 8.07. The molecule has 1 aliphatic rings. The number of carbonyl (C=O) groups excluding carboxylic acids is 1. The van der Waals surface area contributed by atoms with Crippen LogP contribution in [0, 0.1) is 5.41 Å². The van der Waals surface area contributed by atoms with Gasteiger partial charge >= 0.3 is 5.97 Å². The van der Waals surface area contributed by atoms with Crippen molar-refractivity contribution in [3.8, 4) is 0 Å². The number of allylic oxidation sites excluding steroid dienone is 4. The Morgan fingerprint density at radius 1 is 1.43 bits per heavy atom. The fourth-order valence-electron chi connectivity index (χ4n) is 1.32. The van der Waals surface area contributed by atoms with Crippen LogP contribution in [-0.2, 0) is 9.59 Å². The van der Waals surface area contributed by atoms with Crippen LogP contribution in [0.2, 0.25) is 0 Å². The van der Waals surface area contributed by atoms with Gasteiger partial charge in [-0.05, 0) is 31.9 Å². The third kappa shape index (κ3) is 1.55. The predicted octanol–water partition coefficient (Wildman–Crippen LogP) is 1.44. The molecular weight excluding hydrogens is 184 g/mol. The van der Waals surface area contributed by atoms with Crippen molar-refractivity contribution in [2.45, 2.75) is 20.3 Å². The van der Waals surface area contributed by atoms with Gasteiger partial charge in [0.25, 0.3) is 0 Å². The molecule has 4 heteroatoms. The van der Waals surface area contributed by atoms with E-state index in [-0.39, 0.29) is 12.2 Å². The van der Waals surface area contributed by atoms with Gasteiger partial charge in [0.1, 0.15) is 5.41 Å². The Balaban J connectivity index is 3.16. The molecule has 1 atom stereocenters. The lowest BCUT2D eigenvalue weighted by atomic mass is 9.75. The van der Waals surface area contributed by atoms with Gasteiger partial charge in [0.2, 0.25) is 0 Å². The molecule has 0 saturated heterocycles. The first kappa shape index (κ1) is 10.5. The summed E-state index contributed by atoms with van der Waals surface area (Å²) < 4.78 is 0. The van der Waals surface area contributed by atoms with Crippen molar-refractivity contribution in [1.82, 2.24) is 0 Å². The van der Waals surface area contributed by atoms with Crippen LogP contribution in [-0.4, -0.2) is 22.0 Å². The lowest BCUT2D eigenvalue weighted by Crippen LogP contribution is -2.37. The van der Waals surface area contributed by atoms with E-state index in [0.717, 1.165) is 0 Å². The van der Waals surface area contributed by atoms with E-state index in [1.807, 2.05) is 0 Å². The van der Waals surface area contributed by atoms with Gasteiger partial charge in [0.15, 0.2) is 5.78 Å². The maximum Gasteiger partial charge on any atom is 0.317 e. The number of aliphatic carboxylic acids is 1. The normalized spacial score (nSPS) is 30.3. The molecular formula is C10H12O4. The number of ketones is 1. The fraction of sp³-hybridized carbons (Fsp3) is 0.400. The van der Waals surface area contributed by atoms with Gasteiger partial charge in [0.05, 0.1) is 5.76 Å². The summed E-state index contributed by atoms with van der Waals surface area (Å²) >= 11 is 0. The summed E-state index contributed by atoms with van der Waals surface area (Å²) in [6, 6.07) is 0. The van der Waals surface area contributed by atoms with Crippen LogP contribution in [0.3, 0.4) is 0 Å². The average molecular weight is 196 g/mol. The second-order valence-corrected chi connectivity index (χ2v) is 3.62. The topological polar surface area (TPSA) is 74.6 Å². The molecule has 1 aliphatic carbocycles. The summed E-state index contributed by atoms with van der Waals surface area (Å²) in [7, 11) is 0. The summed E-state index contributed by atoms with van der Waals surface area (Å²) in [4.78, 5) is 22.2. The van der Waals surface area contributed by atoms with Gasteiger partial charge in [0, 0.05) is 0 Å². The van der Waals surface area contributed by atoms with Gasteiger partial charge in [-0.15, -0.1) is 0 Å². The van der Waals surface area contributed by atoms with Crippen molar-refractivity contribution in [2.75, 3.05) is 0 Å². The van der Waals surface area contributed by atoms with Crippen molar-refractivity contribution < 1.29 is 19.8 Å². The van der Waals surface area contributed by atoms with Crippen molar-refractivity contribution in [3.63, 3.8) is 0 Å². The summed E-state index contributed by atoms with van der Waals surface area (Å²) in [5.74, 6) is -1.54. The molecule has 4 nitrogen and oxygen atoms in total. The lowest BCUT2D eigenvalue weighted by Gasteiger charge is -2.25. The van der Waals surface area contributed by atoms with Gasteiger partial charge in [-0.2, -0.15) is 0 Å². The molecule has 0 heterocycles. The first-order valence-electron chi connectivity index (χ1n) is 4.22. The second kappa shape index (κ2) is 3.29. The minimum atomic E-state index is -1.44. The van der Waals surface area contributed by atoms with Crippen molar-refractivity contribution >= 4 is 11.8 Å². The van der Waals surface area contributed by atoms with Gasteiger partial charge in [-0.25, -0.2) is 0 Å². The number of aliphatic hydroxyl groups is 1. The Labute approximate surface area is 81.6 Å². The maximum atomic E-state index is 11.4. The molecule has 1 rings (SSSR count). The van der Waals surface area contributed by atoms with Crippen LogP contribution in [0.15, 0.2) is 23.5 Å². The highest BCUT2D eigenvalue weighted by atomic mass is 16.4. The molecule has 2 N–H and O–H groups in total. The van der Waals surface area contributed by atoms with Gasteiger partial charge in [-0.3, -0.25) is 9.59 Å². The molecule has 0 fully saturated rings. The third-order valence-electron chi connectivity index (χ3n) is 2.46. The number of rotatable bonds is 1. The van der Waals surface area contributed by atoms with E-state index in [2.05, 4.69) is 0 Å². The standard InChI is InChI=1S/C10H12O4/c1-6(11)7-3-4-8(12)10(2,5-7)9(13)14/h3-4,11H,5H2,1-2H3,(H,13,14). The number of hydrogen-bond donors (Lipinski definition) is 2. The smallest absolute Gasteiger partial charge is 0.317 e. The quantitative estimate of drug-likeness (QED) is 0.491. The molecule has 0 aromatic rings. The van der Waals surface area contributed by atoms with E-state index in [4.69, 9.17) is 5.11 Å². The monoisotopic (exact) mass is 196 g/mol. The van der Waals surface area contributed by atoms with E-state index in [9.17, 15) is 14.7 Å². The molecule has 0 aromatic carbocycles. The minimum absolute atomic E-state index is 0.0417. The van der Waals surface area contributed by atoms with Gasteiger partial charge in [-0.1, -0.05) is 6.08 Å². The van der Waals surface area contributed by atoms with Crippen LogP contribution in [0.4, 0.5) is 0 Å². The first-order chi connectivity index (χ1) is 6.38. The van der Waals surface area contributed by atoms with Crippen LogP contribution < -0.4 is 0 Å². The Kier molecular flexibility index (Phi) is 2.47. The number of carboxylic acid groups (broad SMARTS) is 1. The van der Waals surface area contributed by atoms with Crippen molar-refractivity contribution in [2.24, 2.45) is 5.41 Å². The highest BCUT2D eigenvalue weighted by molar-refractivity contribution is 6.09. The molecule has 0 amide bonds. The van der Waals surface area contributed by atoms with E-state index in [1.54, 1.807) is 0 Å². The fourth-order valence-corrected chi connectivity index (χ4v) is 1.32. The average Bonchev–Trinajstić information content (AvgIpc) is 2.09. The first-order valence-corrected chi connectivity index (χ1v) is 4.22. The van der Waals surface area contributed by atoms with E-state index < -0.39 is 17.2 Å².